The number of Topliss-reactive ketones (excluding diaryl/α,β-unsaturated/α-hetero) is 1. The van der Waals surface area contributed by atoms with E-state index in [1.165, 1.54) is 35.7 Å². The maximum absolute atomic E-state index is 14.1. The van der Waals surface area contributed by atoms with E-state index >= 15 is 0 Å². The molecule has 1 unspecified atom stereocenters. The molecule has 1 aliphatic rings. The minimum Gasteiger partial charge on any atom is -0.464 e. The van der Waals surface area contributed by atoms with Crippen LogP contribution in [0.5, 0.6) is 5.75 Å². The molecule has 1 aliphatic heterocycles. The van der Waals surface area contributed by atoms with Gasteiger partial charge < -0.3 is 34.3 Å². The smallest absolute Gasteiger partial charge is 0.459 e. The number of amides is 1. The van der Waals surface area contributed by atoms with Gasteiger partial charge in [-0.05, 0) is 37.1 Å². The molecule has 282 valence electrons. The number of carbonyl (C=O) groups is 3. The van der Waals surface area contributed by atoms with E-state index < -0.39 is 62.8 Å². The van der Waals surface area contributed by atoms with Gasteiger partial charge in [-0.1, -0.05) is 58.7 Å². The van der Waals surface area contributed by atoms with Crippen LogP contribution >= 0.6 is 7.75 Å². The second kappa shape index (κ2) is 18.0. The number of aromatic nitrogens is 3. The van der Waals surface area contributed by atoms with E-state index in [1.54, 1.807) is 32.0 Å². The van der Waals surface area contributed by atoms with E-state index in [0.717, 1.165) is 19.2 Å². The summed E-state index contributed by atoms with van der Waals surface area (Å²) in [5.74, 6) is -1.37. The maximum Gasteiger partial charge on any atom is 0.459 e. The number of nitriles is 1. The molecular weight excluding hydrogens is 699 g/mol. The number of fused-ring (bicyclic) bond motifs is 1. The molecule has 0 radical (unpaired) electrons. The number of esters is 1. The van der Waals surface area contributed by atoms with Crippen molar-refractivity contribution in [2.24, 2.45) is 11.8 Å². The van der Waals surface area contributed by atoms with Crippen LogP contribution in [-0.2, 0) is 43.3 Å². The fraction of sp³-hybridized carbons (Fsp3) is 0.529. The van der Waals surface area contributed by atoms with Crippen molar-refractivity contribution in [3.63, 3.8) is 0 Å². The molecule has 3 aromatic rings. The first-order valence-corrected chi connectivity index (χ1v) is 18.4. The summed E-state index contributed by atoms with van der Waals surface area (Å²) in [7, 11) is -4.40. The van der Waals surface area contributed by atoms with Gasteiger partial charge in [0.2, 0.25) is 5.60 Å². The molecule has 0 aliphatic carbocycles. The number of rotatable bonds is 19. The van der Waals surface area contributed by atoms with E-state index in [1.807, 2.05) is 19.9 Å². The van der Waals surface area contributed by atoms with Crippen LogP contribution in [0, 0.1) is 23.2 Å². The fourth-order valence-electron chi connectivity index (χ4n) is 5.23. The zero-order chi connectivity index (χ0) is 38.1. The Balaban J connectivity index is 1.51. The fourth-order valence-corrected chi connectivity index (χ4v) is 6.73. The Morgan fingerprint density at radius 3 is 2.46 bits per heavy atom. The predicted octanol–water partition coefficient (Wildman–Crippen LogP) is 2.91. The molecule has 1 fully saturated rings. The first-order chi connectivity index (χ1) is 24.8. The predicted molar refractivity (Wildman–Crippen MR) is 185 cm³/mol. The number of aliphatic hydroxyl groups is 2. The van der Waals surface area contributed by atoms with Crippen molar-refractivity contribution in [3.8, 4) is 11.8 Å². The van der Waals surface area contributed by atoms with Crippen molar-refractivity contribution in [1.82, 2.24) is 19.7 Å². The topological polar surface area (TPSA) is 233 Å². The normalized spacial score (nSPS) is 21.8. The number of ketones is 1. The van der Waals surface area contributed by atoms with Crippen LogP contribution in [-0.4, -0.2) is 93.3 Å². The number of anilines is 1. The molecule has 17 nitrogen and oxygen atoms in total. The maximum atomic E-state index is 14.1. The molecule has 18 heteroatoms. The summed E-state index contributed by atoms with van der Waals surface area (Å²) in [5.41, 5.74) is -2.04. The summed E-state index contributed by atoms with van der Waals surface area (Å²) in [5, 5.41) is 42.0. The highest BCUT2D eigenvalue weighted by Crippen LogP contribution is 2.47. The van der Waals surface area contributed by atoms with Crippen LogP contribution < -0.4 is 14.9 Å². The van der Waals surface area contributed by atoms with Crippen molar-refractivity contribution < 1.29 is 52.4 Å². The zero-order valence-corrected chi connectivity index (χ0v) is 30.5. The van der Waals surface area contributed by atoms with Gasteiger partial charge in [-0.25, -0.2) is 14.1 Å². The Morgan fingerprint density at radius 2 is 1.81 bits per heavy atom. The van der Waals surface area contributed by atoms with Crippen molar-refractivity contribution in [2.75, 3.05) is 31.7 Å². The van der Waals surface area contributed by atoms with Crippen LogP contribution in [0.2, 0.25) is 0 Å². The number of para-hydroxylation sites is 1. The van der Waals surface area contributed by atoms with Gasteiger partial charge >= 0.3 is 13.7 Å². The van der Waals surface area contributed by atoms with E-state index in [0.29, 0.717) is 0 Å². The molecule has 4 rings (SSSR count). The lowest BCUT2D eigenvalue weighted by Crippen LogP contribution is -2.41. The Kier molecular flexibility index (Phi) is 14.0. The summed E-state index contributed by atoms with van der Waals surface area (Å²) < 4.78 is 43.2. The molecular formula is C34H45N6O11P. The second-order valence-electron chi connectivity index (χ2n) is 12.6. The van der Waals surface area contributed by atoms with Gasteiger partial charge in [0.1, 0.15) is 61.2 Å². The summed E-state index contributed by atoms with van der Waals surface area (Å²) in [6, 6.07) is 11.7. The highest BCUT2D eigenvalue weighted by Gasteiger charge is 2.58. The molecule has 6 atom stereocenters. The number of hydrogen-bond acceptors (Lipinski definition) is 14. The third-order valence-corrected chi connectivity index (χ3v) is 10.2. The monoisotopic (exact) mass is 744 g/mol. The summed E-state index contributed by atoms with van der Waals surface area (Å²) in [6.45, 7) is 7.70. The Morgan fingerprint density at radius 1 is 1.10 bits per heavy atom. The quantitative estimate of drug-likeness (QED) is 0.102. The van der Waals surface area contributed by atoms with Gasteiger partial charge in [-0.15, -0.1) is 0 Å². The van der Waals surface area contributed by atoms with Crippen molar-refractivity contribution in [1.29, 1.82) is 5.26 Å². The molecule has 0 saturated carbocycles. The molecule has 1 saturated heterocycles. The highest BCUT2D eigenvalue weighted by atomic mass is 31.2. The number of nitrogens with one attached hydrogen (secondary N) is 2. The van der Waals surface area contributed by atoms with E-state index in [4.69, 9.17) is 23.3 Å². The second-order valence-corrected chi connectivity index (χ2v) is 14.3. The number of aliphatic hydroxyl groups excluding tert-OH is 2. The van der Waals surface area contributed by atoms with Crippen LogP contribution in [0.25, 0.3) is 5.52 Å². The Labute approximate surface area is 301 Å². The van der Waals surface area contributed by atoms with Gasteiger partial charge in [0.15, 0.2) is 11.6 Å². The van der Waals surface area contributed by atoms with Gasteiger partial charge in [0.25, 0.3) is 5.91 Å². The van der Waals surface area contributed by atoms with Crippen LogP contribution in [0.3, 0.4) is 0 Å². The van der Waals surface area contributed by atoms with Crippen molar-refractivity contribution in [3.05, 3.63) is 54.5 Å². The third-order valence-electron chi connectivity index (χ3n) is 8.53. The minimum atomic E-state index is -4.40. The molecule has 3 heterocycles. The molecule has 0 bridgehead atoms. The van der Waals surface area contributed by atoms with Crippen molar-refractivity contribution >= 4 is 36.7 Å². The number of ether oxygens (including phenoxy) is 3. The number of nitrogens with zero attached hydrogens (tertiary/aromatic N) is 4. The average Bonchev–Trinajstić information content (AvgIpc) is 3.67. The standard InChI is InChI=1S/C34H45N6O11P/c1-6-23(7-2)15-48-33(45)22(5)39-52(46,51-24-11-9-8-10-12-24)49-17-27-30(43)31(44)34(19-35,50-27)28-14-13-25-32(36-20-37-40(25)28)38-29(42)18-47-16-26(41)21(3)4/h8-14,20-23,27,30-31,43-44H,6-7,15-18H2,1-5H3,(H,39,46)(H,36,37,38,42)/t22-,27+,30+,31+,34-,52?/m0/s1. The lowest BCUT2D eigenvalue weighted by atomic mass is 9.92. The SMILES string of the molecule is CCC(CC)COC(=O)[C@H](C)NP(=O)(OC[C@H]1O[C@@](C#N)(c2ccc3c(NC(=O)COCC(=O)C(C)C)ncnn23)[C@H](O)[C@@H]1O)Oc1ccccc1. The highest BCUT2D eigenvalue weighted by molar-refractivity contribution is 7.52. The summed E-state index contributed by atoms with van der Waals surface area (Å²) in [6.07, 6.45) is -2.30. The molecule has 1 amide bonds. The largest absolute Gasteiger partial charge is 0.464 e. The first-order valence-electron chi connectivity index (χ1n) is 16.9. The van der Waals surface area contributed by atoms with E-state index in [2.05, 4.69) is 20.5 Å². The summed E-state index contributed by atoms with van der Waals surface area (Å²) in [4.78, 5) is 41.2. The van der Waals surface area contributed by atoms with Crippen molar-refractivity contribution in [2.45, 2.75) is 77.4 Å². The Hall–Kier alpha value is -4.27. The number of carbonyl (C=O) groups excluding carboxylic acids is 3. The number of hydrogen-bond donors (Lipinski definition) is 4. The van der Waals surface area contributed by atoms with Gasteiger partial charge in [-0.2, -0.15) is 15.4 Å². The lowest BCUT2D eigenvalue weighted by Gasteiger charge is -2.25. The van der Waals surface area contributed by atoms with Crippen LogP contribution in [0.15, 0.2) is 48.8 Å². The zero-order valence-electron chi connectivity index (χ0n) is 29.6. The van der Waals surface area contributed by atoms with Crippen LogP contribution in [0.4, 0.5) is 5.82 Å². The first kappa shape index (κ1) is 40.5. The molecule has 1 aromatic carbocycles. The number of benzene rings is 1. The molecule has 2 aromatic heterocycles. The van der Waals surface area contributed by atoms with Gasteiger partial charge in [0, 0.05) is 5.92 Å². The Bertz CT molecular complexity index is 1780. The average molecular weight is 745 g/mol. The molecule has 0 spiro atoms. The minimum absolute atomic E-state index is 0.0218. The van der Waals surface area contributed by atoms with Crippen LogP contribution in [0.1, 0.15) is 53.2 Å². The van der Waals surface area contributed by atoms with E-state index in [9.17, 15) is 34.4 Å². The van der Waals surface area contributed by atoms with E-state index in [-0.39, 0.29) is 53.6 Å². The molecule has 52 heavy (non-hydrogen) atoms. The van der Waals surface area contributed by atoms with Gasteiger partial charge in [-0.3, -0.25) is 18.9 Å². The lowest BCUT2D eigenvalue weighted by molar-refractivity contribution is -0.146. The third kappa shape index (κ3) is 9.58. The molecule has 4 N–H and O–H groups in total. The van der Waals surface area contributed by atoms with Gasteiger partial charge in [0.05, 0.1) is 18.9 Å². The summed E-state index contributed by atoms with van der Waals surface area (Å²) >= 11 is 0.